The van der Waals surface area contributed by atoms with E-state index >= 15 is 0 Å². The number of nitrogens with one attached hydrogen (secondary N) is 1. The fourth-order valence-electron chi connectivity index (χ4n) is 2.85. The van der Waals surface area contributed by atoms with Crippen molar-refractivity contribution in [2.45, 2.75) is 51.3 Å². The first-order valence-electron chi connectivity index (χ1n) is 7.03. The van der Waals surface area contributed by atoms with E-state index in [1.807, 2.05) is 38.1 Å². The topological polar surface area (TPSA) is 54.5 Å². The van der Waals surface area contributed by atoms with Crippen LogP contribution in [-0.4, -0.2) is 34.7 Å². The van der Waals surface area contributed by atoms with E-state index in [1.165, 1.54) is 0 Å². The zero-order chi connectivity index (χ0) is 14.5. The standard InChI is InChI=1S/C14H21N3O2S/c1-14(2,3)19-13(18)17-10-5-8(10)6-11(17)9-7-20-12(15-4)16-9/h7-8,10-11H,5-6H2,1-4H3,(H,15,16)/t8-,10-,11+/m1/s1. The molecule has 1 aliphatic heterocycles. The van der Waals surface area contributed by atoms with Crippen LogP contribution in [0.5, 0.6) is 0 Å². The molecule has 1 aromatic rings. The van der Waals surface area contributed by atoms with E-state index in [-0.39, 0.29) is 12.1 Å². The summed E-state index contributed by atoms with van der Waals surface area (Å²) >= 11 is 1.58. The van der Waals surface area contributed by atoms with Crippen LogP contribution < -0.4 is 5.32 Å². The second-order valence-corrected chi connectivity index (χ2v) is 7.39. The molecule has 110 valence electrons. The first kappa shape index (κ1) is 13.7. The Balaban J connectivity index is 1.79. The summed E-state index contributed by atoms with van der Waals surface area (Å²) in [5, 5.41) is 5.98. The Labute approximate surface area is 123 Å². The molecule has 2 heterocycles. The molecule has 6 heteroatoms. The summed E-state index contributed by atoms with van der Waals surface area (Å²) in [6, 6.07) is 0.432. The van der Waals surface area contributed by atoms with Crippen LogP contribution in [0.15, 0.2) is 5.38 Å². The number of thiazole rings is 1. The fourth-order valence-corrected chi connectivity index (χ4v) is 3.57. The van der Waals surface area contributed by atoms with Crippen LogP contribution in [0.3, 0.4) is 0 Å². The quantitative estimate of drug-likeness (QED) is 0.910. The lowest BCUT2D eigenvalue weighted by Gasteiger charge is -2.29. The van der Waals surface area contributed by atoms with Gasteiger partial charge in [-0.25, -0.2) is 9.78 Å². The van der Waals surface area contributed by atoms with Crippen molar-refractivity contribution >= 4 is 22.6 Å². The van der Waals surface area contributed by atoms with Crippen molar-refractivity contribution in [2.75, 3.05) is 12.4 Å². The zero-order valence-electron chi connectivity index (χ0n) is 12.3. The summed E-state index contributed by atoms with van der Waals surface area (Å²) in [5.74, 6) is 0.632. The monoisotopic (exact) mass is 295 g/mol. The molecule has 0 unspecified atom stereocenters. The zero-order valence-corrected chi connectivity index (χ0v) is 13.2. The number of ether oxygens (including phenoxy) is 1. The van der Waals surface area contributed by atoms with Gasteiger partial charge in [0, 0.05) is 18.5 Å². The third-order valence-electron chi connectivity index (χ3n) is 3.79. The molecule has 1 aromatic heterocycles. The summed E-state index contributed by atoms with van der Waals surface area (Å²) in [5.41, 5.74) is 0.532. The first-order valence-corrected chi connectivity index (χ1v) is 7.91. The third kappa shape index (κ3) is 2.49. The molecule has 0 bridgehead atoms. The lowest BCUT2D eigenvalue weighted by Crippen LogP contribution is -2.38. The maximum absolute atomic E-state index is 12.4. The number of fused-ring (bicyclic) bond motifs is 1. The van der Waals surface area contributed by atoms with Gasteiger partial charge in [-0.05, 0) is 39.5 Å². The van der Waals surface area contributed by atoms with Crippen LogP contribution >= 0.6 is 11.3 Å². The molecule has 2 fully saturated rings. The van der Waals surface area contributed by atoms with E-state index in [9.17, 15) is 4.79 Å². The van der Waals surface area contributed by atoms with Gasteiger partial charge < -0.3 is 10.1 Å². The van der Waals surface area contributed by atoms with Gasteiger partial charge in [0.1, 0.15) is 5.60 Å². The van der Waals surface area contributed by atoms with Gasteiger partial charge in [-0.1, -0.05) is 0 Å². The van der Waals surface area contributed by atoms with Gasteiger partial charge in [0.2, 0.25) is 0 Å². The lowest BCUT2D eigenvalue weighted by atomic mass is 10.1. The van der Waals surface area contributed by atoms with Crippen molar-refractivity contribution in [1.29, 1.82) is 0 Å². The summed E-state index contributed by atoms with van der Waals surface area (Å²) in [6.45, 7) is 5.72. The van der Waals surface area contributed by atoms with E-state index in [1.54, 1.807) is 11.3 Å². The Bertz CT molecular complexity index is 523. The van der Waals surface area contributed by atoms with Gasteiger partial charge in [0.25, 0.3) is 0 Å². The van der Waals surface area contributed by atoms with Gasteiger partial charge in [0.05, 0.1) is 11.7 Å². The molecule has 0 aromatic carbocycles. The molecule has 20 heavy (non-hydrogen) atoms. The second kappa shape index (κ2) is 4.62. The highest BCUT2D eigenvalue weighted by Gasteiger charge is 2.55. The van der Waals surface area contributed by atoms with E-state index in [0.717, 1.165) is 23.7 Å². The number of likely N-dealkylation sites (tertiary alicyclic amines) is 1. The third-order valence-corrected chi connectivity index (χ3v) is 4.66. The highest BCUT2D eigenvalue weighted by atomic mass is 32.1. The minimum absolute atomic E-state index is 0.0759. The van der Waals surface area contributed by atoms with Gasteiger partial charge in [-0.2, -0.15) is 0 Å². The second-order valence-electron chi connectivity index (χ2n) is 6.53. The number of rotatable bonds is 2. The van der Waals surface area contributed by atoms with Crippen molar-refractivity contribution in [3.05, 3.63) is 11.1 Å². The van der Waals surface area contributed by atoms with Crippen molar-refractivity contribution in [3.8, 4) is 0 Å². The first-order chi connectivity index (χ1) is 9.39. The average Bonchev–Trinajstić information content (AvgIpc) is 2.83. The number of nitrogens with zero attached hydrogens (tertiary/aromatic N) is 2. The minimum atomic E-state index is -0.452. The maximum Gasteiger partial charge on any atom is 0.411 e. The summed E-state index contributed by atoms with van der Waals surface area (Å²) in [4.78, 5) is 18.9. The Morgan fingerprint density at radius 2 is 2.25 bits per heavy atom. The summed E-state index contributed by atoms with van der Waals surface area (Å²) in [7, 11) is 1.86. The molecular formula is C14H21N3O2S. The molecular weight excluding hydrogens is 274 g/mol. The molecule has 3 rings (SSSR count). The highest BCUT2D eigenvalue weighted by Crippen LogP contribution is 2.54. The summed E-state index contributed by atoms with van der Waals surface area (Å²) < 4.78 is 5.55. The largest absolute Gasteiger partial charge is 0.444 e. The molecule has 1 aliphatic carbocycles. The number of amides is 1. The van der Waals surface area contributed by atoms with E-state index in [4.69, 9.17) is 4.74 Å². The average molecular weight is 295 g/mol. The fraction of sp³-hybridized carbons (Fsp3) is 0.714. The van der Waals surface area contributed by atoms with Crippen molar-refractivity contribution in [3.63, 3.8) is 0 Å². The number of piperidine rings is 1. The highest BCUT2D eigenvalue weighted by molar-refractivity contribution is 7.13. The van der Waals surface area contributed by atoms with Gasteiger partial charge in [0.15, 0.2) is 5.13 Å². The van der Waals surface area contributed by atoms with Crippen LogP contribution in [0, 0.1) is 5.92 Å². The molecule has 5 nitrogen and oxygen atoms in total. The van der Waals surface area contributed by atoms with Crippen molar-refractivity contribution < 1.29 is 9.53 Å². The number of aromatic nitrogens is 1. The number of hydrogen-bond acceptors (Lipinski definition) is 5. The smallest absolute Gasteiger partial charge is 0.411 e. The Morgan fingerprint density at radius 3 is 2.85 bits per heavy atom. The van der Waals surface area contributed by atoms with Crippen LogP contribution in [0.1, 0.15) is 45.3 Å². The number of anilines is 1. The van der Waals surface area contributed by atoms with Crippen LogP contribution in [-0.2, 0) is 4.74 Å². The lowest BCUT2D eigenvalue weighted by molar-refractivity contribution is 0.0179. The predicted molar refractivity (Wildman–Crippen MR) is 79.0 cm³/mol. The number of carbonyl (C=O) groups excluding carboxylic acids is 1. The maximum atomic E-state index is 12.4. The van der Waals surface area contributed by atoms with Crippen LogP contribution in [0.25, 0.3) is 0 Å². The Morgan fingerprint density at radius 1 is 1.50 bits per heavy atom. The summed E-state index contributed by atoms with van der Waals surface area (Å²) in [6.07, 6.45) is 1.92. The molecule has 2 aliphatic rings. The van der Waals surface area contributed by atoms with Crippen LogP contribution in [0.4, 0.5) is 9.93 Å². The van der Waals surface area contributed by atoms with Gasteiger partial charge >= 0.3 is 6.09 Å². The molecule has 0 spiro atoms. The van der Waals surface area contributed by atoms with Crippen LogP contribution in [0.2, 0.25) is 0 Å². The number of carbonyl (C=O) groups is 1. The predicted octanol–water partition coefficient (Wildman–Crippen LogP) is 3.26. The molecule has 0 radical (unpaired) electrons. The molecule has 1 N–H and O–H groups in total. The molecule has 1 saturated carbocycles. The van der Waals surface area contributed by atoms with Gasteiger partial charge in [-0.15, -0.1) is 11.3 Å². The number of hydrogen-bond donors (Lipinski definition) is 1. The van der Waals surface area contributed by atoms with E-state index in [2.05, 4.69) is 10.3 Å². The molecule has 3 atom stereocenters. The Kier molecular flexibility index (Phi) is 3.16. The van der Waals surface area contributed by atoms with Crippen molar-refractivity contribution in [1.82, 2.24) is 9.88 Å². The molecule has 1 amide bonds. The van der Waals surface area contributed by atoms with Crippen molar-refractivity contribution in [2.24, 2.45) is 5.92 Å². The normalized spacial score (nSPS) is 28.2. The SMILES string of the molecule is CNc1nc([C@@H]2C[C@H]3C[C@H]3N2C(=O)OC(C)(C)C)cs1. The Hall–Kier alpha value is -1.30. The molecule has 1 saturated heterocycles. The van der Waals surface area contributed by atoms with E-state index < -0.39 is 5.60 Å². The van der Waals surface area contributed by atoms with E-state index in [0.29, 0.717) is 12.0 Å². The van der Waals surface area contributed by atoms with Gasteiger partial charge in [-0.3, -0.25) is 4.90 Å². The minimum Gasteiger partial charge on any atom is -0.444 e.